The Morgan fingerprint density at radius 3 is 1.52 bits per heavy atom. The average Bonchev–Trinajstić information content (AvgIpc) is 2.53. The van der Waals surface area contributed by atoms with Crippen LogP contribution in [0.5, 0.6) is 0 Å². The Bertz CT molecular complexity index is 866. The molecular formula is C18H15F2O4P. The number of hydrogen-bond donors (Lipinski definition) is 3. The Balaban J connectivity index is 0.000000399. The second-order valence-electron chi connectivity index (χ2n) is 5.08. The normalized spacial score (nSPS) is 10.8. The van der Waals surface area contributed by atoms with Crippen molar-refractivity contribution in [3.05, 3.63) is 84.4 Å². The highest BCUT2D eigenvalue weighted by Crippen LogP contribution is 2.32. The summed E-state index contributed by atoms with van der Waals surface area (Å²) in [6.07, 6.45) is 0. The predicted octanol–water partition coefficient (Wildman–Crippen LogP) is 4.37. The van der Waals surface area contributed by atoms with Crippen molar-refractivity contribution in [3.8, 4) is 22.3 Å². The quantitative estimate of drug-likeness (QED) is 0.590. The Labute approximate surface area is 143 Å². The van der Waals surface area contributed by atoms with Gasteiger partial charge in [0.25, 0.3) is 0 Å². The SMILES string of the molecule is Fc1cc(F)cc(-c2ccccc2-c2ccccc2)c1.O=P(O)(O)O. The largest absolute Gasteiger partial charge is 0.466 e. The van der Waals surface area contributed by atoms with E-state index in [4.69, 9.17) is 19.2 Å². The molecule has 0 heterocycles. The molecule has 0 bridgehead atoms. The van der Waals surface area contributed by atoms with Crippen molar-refractivity contribution in [2.45, 2.75) is 0 Å². The number of hydrogen-bond acceptors (Lipinski definition) is 1. The van der Waals surface area contributed by atoms with Crippen LogP contribution in [0.4, 0.5) is 8.78 Å². The van der Waals surface area contributed by atoms with Crippen molar-refractivity contribution in [1.82, 2.24) is 0 Å². The number of rotatable bonds is 2. The zero-order valence-electron chi connectivity index (χ0n) is 12.9. The van der Waals surface area contributed by atoms with Crippen molar-refractivity contribution in [2.24, 2.45) is 0 Å². The van der Waals surface area contributed by atoms with Gasteiger partial charge in [0.15, 0.2) is 0 Å². The van der Waals surface area contributed by atoms with Gasteiger partial charge in [-0.3, -0.25) is 0 Å². The second-order valence-corrected chi connectivity index (χ2v) is 6.11. The first-order valence-electron chi connectivity index (χ1n) is 7.13. The summed E-state index contributed by atoms with van der Waals surface area (Å²) in [7, 11) is -4.64. The van der Waals surface area contributed by atoms with Gasteiger partial charge in [-0.25, -0.2) is 13.3 Å². The van der Waals surface area contributed by atoms with Crippen LogP contribution in [-0.4, -0.2) is 14.7 Å². The van der Waals surface area contributed by atoms with Gasteiger partial charge in [-0.1, -0.05) is 54.6 Å². The minimum atomic E-state index is -4.64. The van der Waals surface area contributed by atoms with Crippen molar-refractivity contribution in [3.63, 3.8) is 0 Å². The summed E-state index contributed by atoms with van der Waals surface area (Å²) >= 11 is 0. The lowest BCUT2D eigenvalue weighted by Gasteiger charge is -2.10. The van der Waals surface area contributed by atoms with Gasteiger partial charge in [0, 0.05) is 6.07 Å². The van der Waals surface area contributed by atoms with E-state index >= 15 is 0 Å². The van der Waals surface area contributed by atoms with Gasteiger partial charge in [-0.2, -0.15) is 0 Å². The van der Waals surface area contributed by atoms with Gasteiger partial charge in [0.1, 0.15) is 11.6 Å². The number of benzene rings is 3. The van der Waals surface area contributed by atoms with E-state index in [1.165, 1.54) is 12.1 Å². The smallest absolute Gasteiger partial charge is 0.303 e. The van der Waals surface area contributed by atoms with Gasteiger partial charge in [0.2, 0.25) is 0 Å². The van der Waals surface area contributed by atoms with Crippen LogP contribution in [-0.2, 0) is 4.57 Å². The summed E-state index contributed by atoms with van der Waals surface area (Å²) in [6, 6.07) is 21.0. The van der Waals surface area contributed by atoms with Crippen molar-refractivity contribution >= 4 is 7.82 Å². The highest BCUT2D eigenvalue weighted by molar-refractivity contribution is 7.45. The Hall–Kier alpha value is -2.37. The maximum absolute atomic E-state index is 13.4. The summed E-state index contributed by atoms with van der Waals surface area (Å²) < 4.78 is 35.7. The van der Waals surface area contributed by atoms with Crippen LogP contribution in [0.3, 0.4) is 0 Å². The predicted molar refractivity (Wildman–Crippen MR) is 91.5 cm³/mol. The highest BCUT2D eigenvalue weighted by atomic mass is 31.2. The summed E-state index contributed by atoms with van der Waals surface area (Å²) in [6.45, 7) is 0. The van der Waals surface area contributed by atoms with Crippen LogP contribution < -0.4 is 0 Å². The lowest BCUT2D eigenvalue weighted by Crippen LogP contribution is -1.87. The molecule has 3 aromatic carbocycles. The molecule has 7 heteroatoms. The summed E-state index contributed by atoms with van der Waals surface area (Å²) in [4.78, 5) is 21.6. The maximum Gasteiger partial charge on any atom is 0.466 e. The molecule has 3 rings (SSSR count). The molecule has 0 radical (unpaired) electrons. The van der Waals surface area contributed by atoms with Crippen molar-refractivity contribution < 1.29 is 28.0 Å². The van der Waals surface area contributed by atoms with Crippen LogP contribution in [0.1, 0.15) is 0 Å². The molecule has 0 fully saturated rings. The summed E-state index contributed by atoms with van der Waals surface area (Å²) in [5.74, 6) is -1.13. The fraction of sp³-hybridized carbons (Fsp3) is 0. The molecule has 0 amide bonds. The minimum Gasteiger partial charge on any atom is -0.303 e. The molecule has 130 valence electrons. The molecule has 0 atom stereocenters. The van der Waals surface area contributed by atoms with E-state index in [0.29, 0.717) is 5.56 Å². The van der Waals surface area contributed by atoms with Crippen LogP contribution in [0, 0.1) is 11.6 Å². The first-order valence-corrected chi connectivity index (χ1v) is 8.70. The molecular weight excluding hydrogens is 349 g/mol. The zero-order valence-corrected chi connectivity index (χ0v) is 13.8. The van der Waals surface area contributed by atoms with Crippen LogP contribution in [0.15, 0.2) is 72.8 Å². The first kappa shape index (κ1) is 19.0. The van der Waals surface area contributed by atoms with Crippen molar-refractivity contribution in [2.75, 3.05) is 0 Å². The molecule has 4 nitrogen and oxygen atoms in total. The molecule has 3 N–H and O–H groups in total. The van der Waals surface area contributed by atoms with Crippen LogP contribution >= 0.6 is 7.82 Å². The third-order valence-corrected chi connectivity index (χ3v) is 3.19. The van der Waals surface area contributed by atoms with E-state index in [2.05, 4.69) is 0 Å². The number of phosphoric acid groups is 1. The van der Waals surface area contributed by atoms with Gasteiger partial charge in [-0.15, -0.1) is 0 Å². The minimum absolute atomic E-state index is 0.543. The summed E-state index contributed by atoms with van der Waals surface area (Å²) in [5, 5.41) is 0. The van der Waals surface area contributed by atoms with E-state index in [-0.39, 0.29) is 0 Å². The summed E-state index contributed by atoms with van der Waals surface area (Å²) in [5.41, 5.74) is 3.34. The Morgan fingerprint density at radius 1 is 0.640 bits per heavy atom. The van der Waals surface area contributed by atoms with Crippen LogP contribution in [0.25, 0.3) is 22.3 Å². The topological polar surface area (TPSA) is 77.8 Å². The second kappa shape index (κ2) is 8.14. The standard InChI is InChI=1S/C18H12F2.H3O4P/c19-15-10-14(11-16(20)12-15)18-9-5-4-8-17(18)13-6-2-1-3-7-13;1-5(2,3)4/h1-12H;(H3,1,2,3,4). The molecule has 25 heavy (non-hydrogen) atoms. The monoisotopic (exact) mass is 364 g/mol. The van der Waals surface area contributed by atoms with E-state index in [0.717, 1.165) is 22.8 Å². The molecule has 0 aliphatic carbocycles. The fourth-order valence-electron chi connectivity index (χ4n) is 2.31. The van der Waals surface area contributed by atoms with E-state index in [9.17, 15) is 8.78 Å². The van der Waals surface area contributed by atoms with Gasteiger partial charge < -0.3 is 14.7 Å². The van der Waals surface area contributed by atoms with Gasteiger partial charge in [0.05, 0.1) is 0 Å². The van der Waals surface area contributed by atoms with E-state index in [1.807, 2.05) is 54.6 Å². The third kappa shape index (κ3) is 6.21. The van der Waals surface area contributed by atoms with E-state index < -0.39 is 19.5 Å². The van der Waals surface area contributed by atoms with Crippen molar-refractivity contribution in [1.29, 1.82) is 0 Å². The highest BCUT2D eigenvalue weighted by Gasteiger charge is 2.09. The first-order chi connectivity index (χ1) is 11.7. The molecule has 0 aliphatic rings. The molecule has 0 unspecified atom stereocenters. The van der Waals surface area contributed by atoms with Crippen LogP contribution in [0.2, 0.25) is 0 Å². The molecule has 0 saturated heterocycles. The molecule has 0 aromatic heterocycles. The molecule has 3 aromatic rings. The number of halogens is 2. The molecule has 0 spiro atoms. The average molecular weight is 364 g/mol. The Morgan fingerprint density at radius 2 is 1.04 bits per heavy atom. The van der Waals surface area contributed by atoms with E-state index in [1.54, 1.807) is 0 Å². The Kier molecular flexibility index (Phi) is 6.17. The molecule has 0 aliphatic heterocycles. The maximum atomic E-state index is 13.4. The van der Waals surface area contributed by atoms with Gasteiger partial charge >= 0.3 is 7.82 Å². The van der Waals surface area contributed by atoms with Gasteiger partial charge in [-0.05, 0) is 34.4 Å². The third-order valence-electron chi connectivity index (χ3n) is 3.19. The lowest BCUT2D eigenvalue weighted by atomic mass is 9.94. The fourth-order valence-corrected chi connectivity index (χ4v) is 2.31. The molecule has 0 saturated carbocycles. The zero-order chi connectivity index (χ0) is 18.4. The lowest BCUT2D eigenvalue weighted by molar-refractivity contribution is 0.275.